The number of fused-ring (bicyclic) bond motifs is 3. The third-order valence-electron chi connectivity index (χ3n) is 5.23. The summed E-state index contributed by atoms with van der Waals surface area (Å²) < 4.78 is 7.43. The summed E-state index contributed by atoms with van der Waals surface area (Å²) >= 11 is 0. The van der Waals surface area contributed by atoms with E-state index in [1.807, 2.05) is 46.9 Å². The third kappa shape index (κ3) is 3.81. The second-order valence-electron chi connectivity index (χ2n) is 7.29. The van der Waals surface area contributed by atoms with Gasteiger partial charge in [0.25, 0.3) is 0 Å². The van der Waals surface area contributed by atoms with E-state index in [1.54, 1.807) is 31.6 Å². The van der Waals surface area contributed by atoms with E-state index in [9.17, 15) is 10.1 Å². The lowest BCUT2D eigenvalue weighted by Gasteiger charge is -2.12. The Morgan fingerprint density at radius 1 is 1.18 bits per heavy atom. The van der Waals surface area contributed by atoms with Crippen LogP contribution in [0.5, 0.6) is 0 Å². The van der Waals surface area contributed by atoms with Crippen LogP contribution < -0.4 is 16.0 Å². The molecule has 3 heterocycles. The lowest BCUT2D eigenvalue weighted by molar-refractivity contribution is 0.254. The molecule has 0 unspecified atom stereocenters. The molecule has 9 nitrogen and oxygen atoms in total. The van der Waals surface area contributed by atoms with E-state index in [1.165, 1.54) is 0 Å². The smallest absolute Gasteiger partial charge is 0.318 e. The number of carbonyl (C=O) groups excluding carboxylic acids is 1. The van der Waals surface area contributed by atoms with Crippen LogP contribution in [-0.2, 0) is 6.54 Å². The van der Waals surface area contributed by atoms with Gasteiger partial charge in [-0.2, -0.15) is 5.26 Å². The van der Waals surface area contributed by atoms with Gasteiger partial charge in [0.2, 0.25) is 0 Å². The average molecular weight is 437 g/mol. The molecule has 5 rings (SSSR count). The molecule has 0 saturated carbocycles. The topological polar surface area (TPSA) is 120 Å². The number of imidazole rings is 1. The van der Waals surface area contributed by atoms with Crippen LogP contribution in [0.25, 0.3) is 27.9 Å². The number of nitrogens with one attached hydrogen (secondary N) is 3. The molecular weight excluding hydrogens is 418 g/mol. The van der Waals surface area contributed by atoms with E-state index in [2.05, 4.69) is 27.0 Å². The minimum absolute atomic E-state index is 0.282. The molecule has 0 atom stereocenters. The molecule has 0 aliphatic heterocycles. The lowest BCUT2D eigenvalue weighted by atomic mass is 10.1. The normalized spacial score (nSPS) is 10.8. The van der Waals surface area contributed by atoms with Gasteiger partial charge >= 0.3 is 6.03 Å². The number of rotatable bonds is 5. The van der Waals surface area contributed by atoms with Crippen molar-refractivity contribution in [2.75, 3.05) is 17.7 Å². The van der Waals surface area contributed by atoms with E-state index in [-0.39, 0.29) is 6.03 Å². The fourth-order valence-corrected chi connectivity index (χ4v) is 3.63. The standard InChI is InChI=1S/C24H19N7O2/c1-26-24(32)29-17-7-5-16(6-8-17)21-14-28-23-22(27-13-18-3-2-10-33-18)30-19-11-15(12-25)4-9-20(19)31(21)23/h2-11,14H,13H2,1H3,(H,27,30)(H2,26,29,32). The zero-order valence-corrected chi connectivity index (χ0v) is 17.7. The van der Waals surface area contributed by atoms with Crippen LogP contribution in [-0.4, -0.2) is 27.4 Å². The van der Waals surface area contributed by atoms with Gasteiger partial charge in [-0.15, -0.1) is 0 Å². The Bertz CT molecular complexity index is 1500. The Morgan fingerprint density at radius 3 is 2.76 bits per heavy atom. The van der Waals surface area contributed by atoms with Gasteiger partial charge in [0.15, 0.2) is 11.5 Å². The van der Waals surface area contributed by atoms with Crippen LogP contribution >= 0.6 is 0 Å². The van der Waals surface area contributed by atoms with Crippen molar-refractivity contribution >= 4 is 34.2 Å². The fraction of sp³-hybridized carbons (Fsp3) is 0.0833. The van der Waals surface area contributed by atoms with Crippen molar-refractivity contribution in [2.45, 2.75) is 6.54 Å². The summed E-state index contributed by atoms with van der Waals surface area (Å²) in [4.78, 5) is 20.9. The summed E-state index contributed by atoms with van der Waals surface area (Å²) in [7, 11) is 1.57. The van der Waals surface area contributed by atoms with Crippen molar-refractivity contribution in [3.63, 3.8) is 0 Å². The summed E-state index contributed by atoms with van der Waals surface area (Å²) in [6.07, 6.45) is 3.41. The zero-order valence-electron chi connectivity index (χ0n) is 17.7. The second kappa shape index (κ2) is 8.36. The van der Waals surface area contributed by atoms with E-state index >= 15 is 0 Å². The number of urea groups is 1. The number of hydrogen-bond acceptors (Lipinski definition) is 6. The van der Waals surface area contributed by atoms with Crippen molar-refractivity contribution in [3.05, 3.63) is 78.4 Å². The molecule has 0 aliphatic rings. The Balaban J connectivity index is 1.62. The predicted octanol–water partition coefficient (Wildman–Crippen LogP) is 4.38. The molecule has 0 saturated heterocycles. The molecule has 0 spiro atoms. The van der Waals surface area contributed by atoms with E-state index in [4.69, 9.17) is 9.40 Å². The molecule has 9 heteroatoms. The number of nitriles is 1. The number of benzene rings is 2. The van der Waals surface area contributed by atoms with Gasteiger partial charge in [-0.05, 0) is 42.5 Å². The molecule has 3 N–H and O–H groups in total. The highest BCUT2D eigenvalue weighted by molar-refractivity contribution is 5.90. The first-order valence-electron chi connectivity index (χ1n) is 10.2. The van der Waals surface area contributed by atoms with Crippen molar-refractivity contribution in [1.82, 2.24) is 19.7 Å². The van der Waals surface area contributed by atoms with Crippen LogP contribution in [0.3, 0.4) is 0 Å². The summed E-state index contributed by atoms with van der Waals surface area (Å²) in [5.41, 5.74) is 5.12. The van der Waals surface area contributed by atoms with E-state index in [0.29, 0.717) is 34.8 Å². The number of carbonyl (C=O) groups is 1. The van der Waals surface area contributed by atoms with Gasteiger partial charge in [-0.3, -0.25) is 4.40 Å². The Morgan fingerprint density at radius 2 is 2.03 bits per heavy atom. The first-order valence-corrected chi connectivity index (χ1v) is 10.2. The number of furan rings is 1. The summed E-state index contributed by atoms with van der Waals surface area (Å²) in [5, 5.41) is 17.9. The molecule has 162 valence electrons. The van der Waals surface area contributed by atoms with Crippen LogP contribution in [0.15, 0.2) is 71.5 Å². The third-order valence-corrected chi connectivity index (χ3v) is 5.23. The minimum Gasteiger partial charge on any atom is -0.467 e. The Labute approximate surface area is 188 Å². The molecule has 0 bridgehead atoms. The Kier molecular flexibility index (Phi) is 5.09. The highest BCUT2D eigenvalue weighted by Crippen LogP contribution is 2.30. The summed E-state index contributed by atoms with van der Waals surface area (Å²) in [6.45, 7) is 0.446. The number of nitrogens with zero attached hydrogens (tertiary/aromatic N) is 4. The second-order valence-corrected chi connectivity index (χ2v) is 7.29. The fourth-order valence-electron chi connectivity index (χ4n) is 3.63. The van der Waals surface area contributed by atoms with Gasteiger partial charge in [-0.25, -0.2) is 14.8 Å². The van der Waals surface area contributed by atoms with Crippen LogP contribution in [0.4, 0.5) is 16.3 Å². The largest absolute Gasteiger partial charge is 0.467 e. The summed E-state index contributed by atoms with van der Waals surface area (Å²) in [5.74, 6) is 1.35. The highest BCUT2D eigenvalue weighted by Gasteiger charge is 2.16. The first-order chi connectivity index (χ1) is 16.2. The molecule has 0 radical (unpaired) electrons. The molecule has 0 fully saturated rings. The van der Waals surface area contributed by atoms with Crippen molar-refractivity contribution in [2.24, 2.45) is 0 Å². The van der Waals surface area contributed by atoms with Crippen molar-refractivity contribution < 1.29 is 9.21 Å². The Hall–Kier alpha value is -4.84. The average Bonchev–Trinajstić information content (AvgIpc) is 3.53. The number of anilines is 2. The van der Waals surface area contributed by atoms with E-state index in [0.717, 1.165) is 22.5 Å². The van der Waals surface area contributed by atoms with Crippen LogP contribution in [0.1, 0.15) is 11.3 Å². The number of amides is 2. The quantitative estimate of drug-likeness (QED) is 0.375. The number of aromatic nitrogens is 3. The molecule has 0 aliphatic carbocycles. The molecule has 3 aromatic heterocycles. The lowest BCUT2D eigenvalue weighted by Crippen LogP contribution is -2.24. The van der Waals surface area contributed by atoms with Crippen molar-refractivity contribution in [1.29, 1.82) is 5.26 Å². The van der Waals surface area contributed by atoms with E-state index < -0.39 is 0 Å². The van der Waals surface area contributed by atoms with Gasteiger partial charge < -0.3 is 20.4 Å². The highest BCUT2D eigenvalue weighted by atomic mass is 16.3. The maximum atomic E-state index is 11.6. The van der Waals surface area contributed by atoms with Crippen molar-refractivity contribution in [3.8, 4) is 17.3 Å². The van der Waals surface area contributed by atoms with Gasteiger partial charge in [0, 0.05) is 18.3 Å². The first kappa shape index (κ1) is 20.1. The van der Waals surface area contributed by atoms with Crippen LogP contribution in [0, 0.1) is 11.3 Å². The van der Waals surface area contributed by atoms with Gasteiger partial charge in [0.1, 0.15) is 5.76 Å². The predicted molar refractivity (Wildman–Crippen MR) is 125 cm³/mol. The molecular formula is C24H19N7O2. The molecule has 2 aromatic carbocycles. The minimum atomic E-state index is -0.282. The number of hydrogen-bond donors (Lipinski definition) is 3. The van der Waals surface area contributed by atoms with Gasteiger partial charge in [0.05, 0.1) is 47.4 Å². The molecule has 2 amide bonds. The monoisotopic (exact) mass is 437 g/mol. The van der Waals surface area contributed by atoms with Gasteiger partial charge in [-0.1, -0.05) is 12.1 Å². The maximum absolute atomic E-state index is 11.6. The SMILES string of the molecule is CNC(=O)Nc1ccc(-c2cnc3c(NCc4ccco4)nc4cc(C#N)ccc4n23)cc1. The maximum Gasteiger partial charge on any atom is 0.318 e. The zero-order chi connectivity index (χ0) is 22.8. The molecule has 5 aromatic rings. The van der Waals surface area contributed by atoms with Crippen LogP contribution in [0.2, 0.25) is 0 Å². The summed E-state index contributed by atoms with van der Waals surface area (Å²) in [6, 6.07) is 18.5. The molecule has 33 heavy (non-hydrogen) atoms.